The van der Waals surface area contributed by atoms with Crippen molar-refractivity contribution in [2.75, 3.05) is 14.1 Å². The number of hydrogen-bond acceptors (Lipinski definition) is 4. The van der Waals surface area contributed by atoms with Gasteiger partial charge in [0, 0.05) is 64.7 Å². The third kappa shape index (κ3) is 6.27. The number of nitrogens with one attached hydrogen (secondary N) is 4. The molecule has 0 aliphatic heterocycles. The molecule has 0 saturated heterocycles. The predicted octanol–water partition coefficient (Wildman–Crippen LogP) is 9.19. The molecule has 2 aromatic heterocycles. The number of aromatic amines is 2. The largest absolute Gasteiger partial charge is 0.354 e. The van der Waals surface area contributed by atoms with Crippen LogP contribution in [0.15, 0.2) is 71.2 Å². The molecule has 0 atom stereocenters. The zero-order chi connectivity index (χ0) is 34.2. The first-order valence-corrected chi connectivity index (χ1v) is 17.5. The topological polar surface area (TPSA) is 89.8 Å². The van der Waals surface area contributed by atoms with Crippen molar-refractivity contribution in [3.8, 4) is 22.5 Å². The van der Waals surface area contributed by atoms with E-state index in [2.05, 4.69) is 85.1 Å². The Morgan fingerprint density at radius 1 is 0.673 bits per heavy atom. The van der Waals surface area contributed by atoms with Gasteiger partial charge in [-0.1, -0.05) is 48.5 Å². The molecule has 0 unspecified atom stereocenters. The van der Waals surface area contributed by atoms with E-state index in [1.807, 2.05) is 14.1 Å². The third-order valence-corrected chi connectivity index (χ3v) is 10.3. The summed E-state index contributed by atoms with van der Waals surface area (Å²) in [4.78, 5) is 31.4. The number of aryl methyl sites for hydroxylation is 2. The van der Waals surface area contributed by atoms with Crippen LogP contribution in [0.2, 0.25) is 0 Å². The molecule has 2 aliphatic carbocycles. The first kappa shape index (κ1) is 33.1. The molecule has 0 spiro atoms. The first-order valence-electron chi connectivity index (χ1n) is 16.7. The summed E-state index contributed by atoms with van der Waals surface area (Å²) in [5.74, 6) is -0.712. The fourth-order valence-electron chi connectivity index (χ4n) is 7.29. The number of halogens is 3. The lowest BCUT2D eigenvalue weighted by atomic mass is 9.99. The second-order valence-corrected chi connectivity index (χ2v) is 13.6. The molecule has 4 aromatic carbocycles. The van der Waals surface area contributed by atoms with Crippen LogP contribution in [0.4, 0.5) is 8.78 Å². The van der Waals surface area contributed by atoms with Gasteiger partial charge in [-0.3, -0.25) is 9.59 Å². The van der Waals surface area contributed by atoms with Gasteiger partial charge in [0.25, 0.3) is 0 Å². The number of hydrogen-bond donors (Lipinski definition) is 4. The van der Waals surface area contributed by atoms with Crippen molar-refractivity contribution in [1.29, 1.82) is 0 Å². The highest BCUT2D eigenvalue weighted by Crippen LogP contribution is 2.41. The zero-order valence-electron chi connectivity index (χ0n) is 27.5. The van der Waals surface area contributed by atoms with E-state index < -0.39 is 5.82 Å². The maximum absolute atomic E-state index is 14.3. The smallest absolute Gasteiger partial charge is 0.163 e. The molecular formula is C40H37BrF2N4O2. The van der Waals surface area contributed by atoms with Crippen molar-refractivity contribution in [1.82, 2.24) is 20.6 Å². The molecule has 8 rings (SSSR count). The number of rotatable bonds is 6. The van der Waals surface area contributed by atoms with Crippen LogP contribution in [0.1, 0.15) is 68.7 Å². The van der Waals surface area contributed by atoms with Crippen LogP contribution in [0.5, 0.6) is 0 Å². The molecule has 0 amide bonds. The quantitative estimate of drug-likeness (QED) is 0.138. The molecule has 6 nitrogen and oxygen atoms in total. The predicted molar refractivity (Wildman–Crippen MR) is 195 cm³/mol. The molecular weight excluding hydrogens is 686 g/mol. The Balaban J connectivity index is 0.000000154. The van der Waals surface area contributed by atoms with Crippen molar-refractivity contribution in [3.63, 3.8) is 0 Å². The summed E-state index contributed by atoms with van der Waals surface area (Å²) in [6.45, 7) is 1.64. The second kappa shape index (κ2) is 13.8. The van der Waals surface area contributed by atoms with Crippen LogP contribution in [0.25, 0.3) is 44.3 Å². The maximum atomic E-state index is 14.3. The van der Waals surface area contributed by atoms with Gasteiger partial charge >= 0.3 is 0 Å². The van der Waals surface area contributed by atoms with Gasteiger partial charge in [-0.15, -0.1) is 0 Å². The summed E-state index contributed by atoms with van der Waals surface area (Å²) in [5.41, 5.74) is 11.2. The highest BCUT2D eigenvalue weighted by Gasteiger charge is 2.26. The molecule has 2 heterocycles. The number of carbonyl (C=O) groups is 2. The van der Waals surface area contributed by atoms with E-state index in [0.717, 1.165) is 83.2 Å². The Hall–Kier alpha value is -4.44. The van der Waals surface area contributed by atoms with Crippen LogP contribution in [-0.2, 0) is 25.9 Å². The van der Waals surface area contributed by atoms with Crippen molar-refractivity contribution in [3.05, 3.63) is 116 Å². The van der Waals surface area contributed by atoms with Crippen molar-refractivity contribution in [2.45, 2.75) is 51.6 Å². The van der Waals surface area contributed by atoms with E-state index in [1.165, 1.54) is 29.3 Å². The Morgan fingerprint density at radius 2 is 1.18 bits per heavy atom. The van der Waals surface area contributed by atoms with E-state index >= 15 is 0 Å². The first-order chi connectivity index (χ1) is 23.8. The zero-order valence-corrected chi connectivity index (χ0v) is 29.0. The Morgan fingerprint density at radius 3 is 1.73 bits per heavy atom. The van der Waals surface area contributed by atoms with Gasteiger partial charge in [0.2, 0.25) is 0 Å². The summed E-state index contributed by atoms with van der Waals surface area (Å²) in [6, 6.07) is 20.9. The Kier molecular flexibility index (Phi) is 9.33. The molecule has 0 radical (unpaired) electrons. The van der Waals surface area contributed by atoms with Crippen molar-refractivity contribution >= 4 is 49.3 Å². The SMILES string of the molecule is CNCc1ccc(-c2[nH]c3c(Br)c(F)cc4c3c2CCCC4=O)cc1.CNCc1ccc(-c2[nH]c3cc(F)cc4c3c2CCCC4=O)cc1. The van der Waals surface area contributed by atoms with Crippen LogP contribution in [0, 0.1) is 11.6 Å². The Bertz CT molecular complexity index is 2220. The lowest BCUT2D eigenvalue weighted by Crippen LogP contribution is -2.04. The standard InChI is InChI=1S/C20H18BrFN2O.C20H19FN2O/c1-23-10-11-5-7-12(8-6-11)19-13-3-2-4-16(25)14-9-15(22)18(21)20(24-19)17(13)14;1-22-11-12-5-7-13(8-6-12)20-15-3-2-4-18(24)16-9-14(21)10-17(23-20)19(15)16/h5-9,23-24H,2-4,10H2,1H3;5-10,22-23H,2-4,11H2,1H3. The molecule has 0 bridgehead atoms. The number of ketones is 2. The van der Waals surface area contributed by atoms with Crippen LogP contribution >= 0.6 is 15.9 Å². The molecule has 2 aliphatic rings. The number of benzene rings is 4. The number of aromatic nitrogens is 2. The van der Waals surface area contributed by atoms with Crippen LogP contribution in [0.3, 0.4) is 0 Å². The molecule has 0 saturated carbocycles. The summed E-state index contributed by atoms with van der Waals surface area (Å²) in [6.07, 6.45) is 4.17. The van der Waals surface area contributed by atoms with Gasteiger partial charge in [0.05, 0.1) is 9.99 Å². The third-order valence-electron chi connectivity index (χ3n) is 9.55. The summed E-state index contributed by atoms with van der Waals surface area (Å²) in [5, 5.41) is 8.04. The van der Waals surface area contributed by atoms with E-state index in [-0.39, 0.29) is 17.4 Å². The molecule has 250 valence electrons. The van der Waals surface area contributed by atoms with E-state index in [4.69, 9.17) is 0 Å². The van der Waals surface area contributed by atoms with Gasteiger partial charge in [0.15, 0.2) is 11.6 Å². The van der Waals surface area contributed by atoms with Crippen molar-refractivity contribution < 1.29 is 18.4 Å². The molecule has 0 fully saturated rings. The van der Waals surface area contributed by atoms with Crippen molar-refractivity contribution in [2.24, 2.45) is 0 Å². The molecule has 4 N–H and O–H groups in total. The number of Topliss-reactive ketones (excluding diaryl/α,β-unsaturated/α-hetero) is 2. The monoisotopic (exact) mass is 722 g/mol. The van der Waals surface area contributed by atoms with E-state index in [9.17, 15) is 18.4 Å². The highest BCUT2D eigenvalue weighted by molar-refractivity contribution is 9.10. The minimum atomic E-state index is -0.401. The molecule has 49 heavy (non-hydrogen) atoms. The van der Waals surface area contributed by atoms with Crippen LogP contribution in [-0.4, -0.2) is 35.6 Å². The average molecular weight is 724 g/mol. The second-order valence-electron chi connectivity index (χ2n) is 12.8. The van der Waals surface area contributed by atoms with Crippen LogP contribution < -0.4 is 10.6 Å². The van der Waals surface area contributed by atoms with Gasteiger partial charge in [0.1, 0.15) is 11.6 Å². The van der Waals surface area contributed by atoms with Gasteiger partial charge in [-0.05, 0) is 107 Å². The minimum Gasteiger partial charge on any atom is -0.354 e. The lowest BCUT2D eigenvalue weighted by Gasteiger charge is -2.05. The summed E-state index contributed by atoms with van der Waals surface area (Å²) < 4.78 is 28.6. The highest BCUT2D eigenvalue weighted by atomic mass is 79.9. The molecule has 9 heteroatoms. The fourth-order valence-corrected chi connectivity index (χ4v) is 7.70. The summed E-state index contributed by atoms with van der Waals surface area (Å²) >= 11 is 3.34. The fraction of sp³-hybridized carbons (Fsp3) is 0.250. The lowest BCUT2D eigenvalue weighted by molar-refractivity contribution is 0.0974. The number of H-pyrrole nitrogens is 2. The normalized spacial score (nSPS) is 14.1. The van der Waals surface area contributed by atoms with Gasteiger partial charge < -0.3 is 20.6 Å². The Labute approximate surface area is 291 Å². The minimum absolute atomic E-state index is 0.0186. The average Bonchev–Trinajstić information content (AvgIpc) is 3.55. The summed E-state index contributed by atoms with van der Waals surface area (Å²) in [7, 11) is 3.84. The molecule has 6 aromatic rings. The van der Waals surface area contributed by atoms with Gasteiger partial charge in [-0.2, -0.15) is 0 Å². The van der Waals surface area contributed by atoms with Gasteiger partial charge in [-0.25, -0.2) is 8.78 Å². The number of carbonyl (C=O) groups excluding carboxylic acids is 2. The van der Waals surface area contributed by atoms with E-state index in [0.29, 0.717) is 39.5 Å². The van der Waals surface area contributed by atoms with E-state index in [1.54, 1.807) is 0 Å². The maximum Gasteiger partial charge on any atom is 0.163 e.